The molecule has 0 fully saturated rings. The van der Waals surface area contributed by atoms with Crippen molar-refractivity contribution in [1.82, 2.24) is 0 Å². The second-order valence-electron chi connectivity index (χ2n) is 3.04. The normalized spacial score (nSPS) is 13.4. The SMILES string of the molecule is CC(N)/C=C/c1cc(Cl)cc(Br)c1O. The molecule has 0 aliphatic carbocycles. The quantitative estimate of drug-likeness (QED) is 0.871. The van der Waals surface area contributed by atoms with Crippen molar-refractivity contribution in [3.05, 3.63) is 33.3 Å². The maximum Gasteiger partial charge on any atom is 0.137 e. The first kappa shape index (κ1) is 11.6. The molecule has 0 bridgehead atoms. The van der Waals surface area contributed by atoms with Crippen molar-refractivity contribution < 1.29 is 5.11 Å². The van der Waals surface area contributed by atoms with Gasteiger partial charge in [0.05, 0.1) is 4.47 Å². The second-order valence-corrected chi connectivity index (χ2v) is 4.33. The van der Waals surface area contributed by atoms with E-state index in [0.29, 0.717) is 15.1 Å². The summed E-state index contributed by atoms with van der Waals surface area (Å²) in [5.74, 6) is 0.173. The first-order valence-electron chi connectivity index (χ1n) is 4.12. The lowest BCUT2D eigenvalue weighted by Crippen LogP contribution is -2.09. The van der Waals surface area contributed by atoms with Crippen LogP contribution in [0.1, 0.15) is 12.5 Å². The van der Waals surface area contributed by atoms with Gasteiger partial charge < -0.3 is 10.8 Å². The van der Waals surface area contributed by atoms with Crippen LogP contribution >= 0.6 is 27.5 Å². The Balaban J connectivity index is 3.08. The van der Waals surface area contributed by atoms with Gasteiger partial charge in [-0.2, -0.15) is 0 Å². The highest BCUT2D eigenvalue weighted by Gasteiger charge is 2.04. The molecule has 0 aliphatic heterocycles. The molecule has 1 aromatic carbocycles. The van der Waals surface area contributed by atoms with Crippen molar-refractivity contribution in [3.63, 3.8) is 0 Å². The van der Waals surface area contributed by atoms with Gasteiger partial charge in [0.1, 0.15) is 5.75 Å². The van der Waals surface area contributed by atoms with Gasteiger partial charge in [0.25, 0.3) is 0 Å². The molecule has 0 radical (unpaired) electrons. The lowest BCUT2D eigenvalue weighted by molar-refractivity contribution is 0.470. The van der Waals surface area contributed by atoms with Crippen molar-refractivity contribution in [1.29, 1.82) is 0 Å². The summed E-state index contributed by atoms with van der Waals surface area (Å²) < 4.78 is 0.578. The molecule has 0 saturated heterocycles. The first-order valence-corrected chi connectivity index (χ1v) is 5.29. The molecule has 0 aliphatic rings. The van der Waals surface area contributed by atoms with Gasteiger partial charge in [-0.25, -0.2) is 0 Å². The van der Waals surface area contributed by atoms with Gasteiger partial charge >= 0.3 is 0 Å². The molecule has 2 nitrogen and oxygen atoms in total. The standard InChI is InChI=1S/C10H11BrClNO/c1-6(13)2-3-7-4-8(12)5-9(11)10(7)14/h2-6,14H,13H2,1H3/b3-2+. The fraction of sp³-hybridized carbons (Fsp3) is 0.200. The summed E-state index contributed by atoms with van der Waals surface area (Å²) >= 11 is 9.04. The number of nitrogens with two attached hydrogens (primary N) is 1. The molecule has 76 valence electrons. The van der Waals surface area contributed by atoms with E-state index < -0.39 is 0 Å². The van der Waals surface area contributed by atoms with E-state index in [1.807, 2.05) is 6.92 Å². The third-order valence-corrected chi connectivity index (χ3v) is 2.46. The summed E-state index contributed by atoms with van der Waals surface area (Å²) in [6, 6.07) is 3.27. The third-order valence-electron chi connectivity index (χ3n) is 1.64. The summed E-state index contributed by atoms with van der Waals surface area (Å²) in [4.78, 5) is 0. The number of hydrogen-bond acceptors (Lipinski definition) is 2. The summed E-state index contributed by atoms with van der Waals surface area (Å²) in [5, 5.41) is 10.2. The minimum atomic E-state index is -0.0489. The van der Waals surface area contributed by atoms with E-state index in [-0.39, 0.29) is 11.8 Å². The molecule has 0 heterocycles. The van der Waals surface area contributed by atoms with Gasteiger partial charge in [0.15, 0.2) is 0 Å². The number of rotatable bonds is 2. The fourth-order valence-corrected chi connectivity index (χ4v) is 1.80. The van der Waals surface area contributed by atoms with Crippen molar-refractivity contribution >= 4 is 33.6 Å². The summed E-state index contributed by atoms with van der Waals surface area (Å²) in [6.45, 7) is 1.85. The highest BCUT2D eigenvalue weighted by Crippen LogP contribution is 2.32. The number of benzene rings is 1. The van der Waals surface area contributed by atoms with Crippen LogP contribution in [-0.4, -0.2) is 11.1 Å². The number of halogens is 2. The highest BCUT2D eigenvalue weighted by atomic mass is 79.9. The molecule has 1 rings (SSSR count). The largest absolute Gasteiger partial charge is 0.506 e. The Labute approximate surface area is 96.5 Å². The van der Waals surface area contributed by atoms with Crippen LogP contribution in [0.5, 0.6) is 5.75 Å². The van der Waals surface area contributed by atoms with Crippen LogP contribution in [0.15, 0.2) is 22.7 Å². The predicted octanol–water partition coefficient (Wildman–Crippen LogP) is 3.17. The first-order chi connectivity index (χ1) is 6.50. The molecule has 1 unspecified atom stereocenters. The predicted molar refractivity (Wildman–Crippen MR) is 63.5 cm³/mol. The van der Waals surface area contributed by atoms with Gasteiger partial charge in [-0.05, 0) is 35.0 Å². The van der Waals surface area contributed by atoms with Crippen molar-refractivity contribution in [2.75, 3.05) is 0 Å². The Hall–Kier alpha value is -0.510. The van der Waals surface area contributed by atoms with E-state index in [1.54, 1.807) is 24.3 Å². The van der Waals surface area contributed by atoms with E-state index in [9.17, 15) is 5.11 Å². The Morgan fingerprint density at radius 1 is 1.57 bits per heavy atom. The average molecular weight is 277 g/mol. The van der Waals surface area contributed by atoms with Crippen molar-refractivity contribution in [2.24, 2.45) is 5.73 Å². The van der Waals surface area contributed by atoms with Crippen molar-refractivity contribution in [2.45, 2.75) is 13.0 Å². The maximum absolute atomic E-state index is 9.64. The van der Waals surface area contributed by atoms with Gasteiger partial charge in [0.2, 0.25) is 0 Å². The zero-order chi connectivity index (χ0) is 10.7. The van der Waals surface area contributed by atoms with E-state index >= 15 is 0 Å². The van der Waals surface area contributed by atoms with Crippen LogP contribution in [0.4, 0.5) is 0 Å². The summed E-state index contributed by atoms with van der Waals surface area (Å²) in [7, 11) is 0. The van der Waals surface area contributed by atoms with E-state index in [1.165, 1.54) is 0 Å². The third kappa shape index (κ3) is 3.01. The van der Waals surface area contributed by atoms with Crippen molar-refractivity contribution in [3.8, 4) is 5.75 Å². The number of phenols is 1. The van der Waals surface area contributed by atoms with E-state index in [0.717, 1.165) is 0 Å². The summed E-state index contributed by atoms with van der Waals surface area (Å²) in [5.41, 5.74) is 6.21. The molecular weight excluding hydrogens is 265 g/mol. The van der Waals surface area contributed by atoms with Crippen LogP contribution in [-0.2, 0) is 0 Å². The molecule has 3 N–H and O–H groups in total. The molecular formula is C10H11BrClNO. The molecule has 4 heteroatoms. The molecule has 0 amide bonds. The Kier molecular flexibility index (Phi) is 3.98. The topological polar surface area (TPSA) is 46.2 Å². The average Bonchev–Trinajstić information content (AvgIpc) is 2.08. The zero-order valence-electron chi connectivity index (χ0n) is 7.67. The number of phenolic OH excluding ortho intramolecular Hbond substituents is 1. The molecule has 0 spiro atoms. The van der Waals surface area contributed by atoms with Gasteiger partial charge in [-0.1, -0.05) is 23.8 Å². The second kappa shape index (κ2) is 4.82. The highest BCUT2D eigenvalue weighted by molar-refractivity contribution is 9.10. The van der Waals surface area contributed by atoms with Crippen LogP contribution < -0.4 is 5.73 Å². The number of hydrogen-bond donors (Lipinski definition) is 2. The number of aromatic hydroxyl groups is 1. The molecule has 1 aromatic rings. The van der Waals surface area contributed by atoms with Crippen LogP contribution in [0.2, 0.25) is 5.02 Å². The lowest BCUT2D eigenvalue weighted by Gasteiger charge is -2.03. The Morgan fingerprint density at radius 3 is 2.79 bits per heavy atom. The van der Waals surface area contributed by atoms with E-state index in [2.05, 4.69) is 15.9 Å². The molecule has 0 aromatic heterocycles. The maximum atomic E-state index is 9.64. The summed E-state index contributed by atoms with van der Waals surface area (Å²) in [6.07, 6.45) is 3.54. The van der Waals surface area contributed by atoms with Crippen LogP contribution in [0.3, 0.4) is 0 Å². The fourth-order valence-electron chi connectivity index (χ4n) is 0.968. The molecule has 0 saturated carbocycles. The minimum Gasteiger partial charge on any atom is -0.506 e. The monoisotopic (exact) mass is 275 g/mol. The smallest absolute Gasteiger partial charge is 0.137 e. The van der Waals surface area contributed by atoms with Gasteiger partial charge in [0, 0.05) is 16.6 Å². The van der Waals surface area contributed by atoms with Crippen LogP contribution in [0.25, 0.3) is 6.08 Å². The minimum absolute atomic E-state index is 0.0489. The molecule has 14 heavy (non-hydrogen) atoms. The van der Waals surface area contributed by atoms with Crippen LogP contribution in [0, 0.1) is 0 Å². The Bertz CT molecular complexity index is 363. The molecule has 1 atom stereocenters. The lowest BCUT2D eigenvalue weighted by atomic mass is 10.1. The zero-order valence-corrected chi connectivity index (χ0v) is 10.0. The van der Waals surface area contributed by atoms with Gasteiger partial charge in [-0.3, -0.25) is 0 Å². The Morgan fingerprint density at radius 2 is 2.21 bits per heavy atom. The van der Waals surface area contributed by atoms with E-state index in [4.69, 9.17) is 17.3 Å². The van der Waals surface area contributed by atoms with Gasteiger partial charge in [-0.15, -0.1) is 0 Å².